The smallest absolute Gasteiger partial charge is 0.214 e. The fraction of sp³-hybridized carbons (Fsp3) is 0.263. The Balaban J connectivity index is 1.81. The molecule has 2 aromatic carbocycles. The molecule has 6 nitrogen and oxygen atoms in total. The number of nitrogens with one attached hydrogen (secondary N) is 2. The van der Waals surface area contributed by atoms with Gasteiger partial charge in [0.05, 0.1) is 17.6 Å². The number of hydrogen-bond acceptors (Lipinski definition) is 5. The summed E-state index contributed by atoms with van der Waals surface area (Å²) in [6.07, 6.45) is 0. The van der Waals surface area contributed by atoms with Crippen molar-refractivity contribution in [3.8, 4) is 11.5 Å². The first-order valence-electron chi connectivity index (χ1n) is 8.79. The fourth-order valence-corrected chi connectivity index (χ4v) is 4.03. The van der Waals surface area contributed by atoms with E-state index in [9.17, 15) is 0 Å². The van der Waals surface area contributed by atoms with E-state index in [1.54, 1.807) is 22.9 Å². The average Bonchev–Trinajstić information content (AvgIpc) is 2.99. The molecular weight excluding hydrogens is 499 g/mol. The van der Waals surface area contributed by atoms with Crippen LogP contribution in [0, 0.1) is 11.7 Å². The summed E-state index contributed by atoms with van der Waals surface area (Å²) in [5.41, 5.74) is 4.93. The first-order chi connectivity index (χ1) is 13.9. The number of aryl methyl sites for hydroxylation is 1. The largest absolute Gasteiger partial charge is 0.490 e. The number of hydrogen-bond donors (Lipinski definition) is 2. The van der Waals surface area contributed by atoms with Crippen molar-refractivity contribution < 1.29 is 9.47 Å². The van der Waals surface area contributed by atoms with Crippen LogP contribution in [0.25, 0.3) is 0 Å². The van der Waals surface area contributed by atoms with Crippen LogP contribution in [-0.2, 0) is 13.2 Å². The standard InChI is InChI=1S/C19H19BrCl2N4O2S/c1-3-27-17-8-12(9-23-26-11(2)24-25-19(26)29)7-14(20)18(17)28-10-13-15(21)5-4-6-16(13)22/h4-8,23H,3,9-10H2,1-2H3,(H,25,29). The number of benzene rings is 2. The average molecular weight is 518 g/mol. The Kier molecular flexibility index (Phi) is 7.45. The van der Waals surface area contributed by atoms with Gasteiger partial charge in [-0.2, -0.15) is 5.10 Å². The second-order valence-electron chi connectivity index (χ2n) is 6.07. The molecule has 3 rings (SSSR count). The fourth-order valence-electron chi connectivity index (χ4n) is 2.67. The molecule has 0 atom stereocenters. The molecule has 154 valence electrons. The van der Waals surface area contributed by atoms with E-state index in [-0.39, 0.29) is 6.61 Å². The number of rotatable bonds is 8. The summed E-state index contributed by atoms with van der Waals surface area (Å²) in [5, 5.41) is 7.94. The molecule has 0 aliphatic rings. The quantitative estimate of drug-likeness (QED) is 0.356. The summed E-state index contributed by atoms with van der Waals surface area (Å²) in [4.78, 5) is 0. The van der Waals surface area contributed by atoms with E-state index < -0.39 is 0 Å². The van der Waals surface area contributed by atoms with Gasteiger partial charge in [0, 0.05) is 15.6 Å². The number of aromatic amines is 1. The van der Waals surface area contributed by atoms with Crippen LogP contribution < -0.4 is 14.9 Å². The predicted molar refractivity (Wildman–Crippen MR) is 121 cm³/mol. The normalized spacial score (nSPS) is 10.8. The topological polar surface area (TPSA) is 64.1 Å². The van der Waals surface area contributed by atoms with Crippen LogP contribution in [0.5, 0.6) is 11.5 Å². The third-order valence-electron chi connectivity index (χ3n) is 4.07. The monoisotopic (exact) mass is 516 g/mol. The lowest BCUT2D eigenvalue weighted by Gasteiger charge is -2.17. The van der Waals surface area contributed by atoms with Crippen molar-refractivity contribution in [2.24, 2.45) is 0 Å². The van der Waals surface area contributed by atoms with E-state index in [1.807, 2.05) is 26.0 Å². The minimum Gasteiger partial charge on any atom is -0.490 e. The highest BCUT2D eigenvalue weighted by molar-refractivity contribution is 9.10. The first kappa shape index (κ1) is 22.0. The first-order valence-corrected chi connectivity index (χ1v) is 10.7. The van der Waals surface area contributed by atoms with Gasteiger partial charge in [0.1, 0.15) is 12.4 Å². The SMILES string of the molecule is CCOc1cc(CNn2c(C)n[nH]c2=S)cc(Br)c1OCc1c(Cl)cccc1Cl. The molecule has 0 amide bonds. The number of ether oxygens (including phenoxy) is 2. The van der Waals surface area contributed by atoms with Crippen molar-refractivity contribution in [1.82, 2.24) is 14.9 Å². The van der Waals surface area contributed by atoms with E-state index in [0.29, 0.717) is 39.5 Å². The van der Waals surface area contributed by atoms with Crippen LogP contribution in [-0.4, -0.2) is 21.5 Å². The van der Waals surface area contributed by atoms with E-state index in [4.69, 9.17) is 44.9 Å². The zero-order valence-electron chi connectivity index (χ0n) is 15.8. The Labute approximate surface area is 192 Å². The molecule has 0 aliphatic heterocycles. The van der Waals surface area contributed by atoms with Gasteiger partial charge < -0.3 is 14.9 Å². The highest BCUT2D eigenvalue weighted by atomic mass is 79.9. The summed E-state index contributed by atoms with van der Waals surface area (Å²) in [6.45, 7) is 5.01. The number of H-pyrrole nitrogens is 1. The van der Waals surface area contributed by atoms with Crippen LogP contribution in [0.15, 0.2) is 34.8 Å². The van der Waals surface area contributed by atoms with Gasteiger partial charge in [-0.15, -0.1) is 0 Å². The second-order valence-corrected chi connectivity index (χ2v) is 8.13. The Bertz CT molecular complexity index is 1050. The Morgan fingerprint density at radius 2 is 1.97 bits per heavy atom. The molecule has 1 aromatic heterocycles. The van der Waals surface area contributed by atoms with E-state index in [2.05, 4.69) is 31.6 Å². The summed E-state index contributed by atoms with van der Waals surface area (Å²) in [6, 6.07) is 9.23. The van der Waals surface area contributed by atoms with Crippen LogP contribution in [0.4, 0.5) is 0 Å². The maximum absolute atomic E-state index is 6.24. The van der Waals surface area contributed by atoms with Crippen molar-refractivity contribution >= 4 is 51.3 Å². The molecule has 2 N–H and O–H groups in total. The number of halogens is 3. The number of aromatic nitrogens is 3. The Morgan fingerprint density at radius 1 is 1.24 bits per heavy atom. The van der Waals surface area contributed by atoms with Gasteiger partial charge >= 0.3 is 0 Å². The Hall–Kier alpha value is -1.74. The molecule has 0 bridgehead atoms. The Morgan fingerprint density at radius 3 is 2.59 bits per heavy atom. The summed E-state index contributed by atoms with van der Waals surface area (Å²) >= 11 is 21.3. The highest BCUT2D eigenvalue weighted by Crippen LogP contribution is 2.38. The molecule has 0 aliphatic carbocycles. The van der Waals surface area contributed by atoms with E-state index in [1.165, 1.54) is 0 Å². The molecule has 1 heterocycles. The molecular formula is C19H19BrCl2N4O2S. The van der Waals surface area contributed by atoms with Gasteiger partial charge in [0.25, 0.3) is 0 Å². The van der Waals surface area contributed by atoms with Crippen LogP contribution in [0.3, 0.4) is 0 Å². The molecule has 0 radical (unpaired) electrons. The predicted octanol–water partition coefficient (Wildman–Crippen LogP) is 6.04. The van der Waals surface area contributed by atoms with Gasteiger partial charge in [0.2, 0.25) is 4.77 Å². The molecule has 3 aromatic rings. The highest BCUT2D eigenvalue weighted by Gasteiger charge is 2.15. The van der Waals surface area contributed by atoms with Gasteiger partial charge in [-0.1, -0.05) is 29.3 Å². The van der Waals surface area contributed by atoms with Gasteiger partial charge in [-0.05, 0) is 71.8 Å². The molecule has 0 saturated heterocycles. The van der Waals surface area contributed by atoms with Gasteiger partial charge in [-0.3, -0.25) is 5.10 Å². The van der Waals surface area contributed by atoms with Crippen molar-refractivity contribution in [3.05, 3.63) is 66.6 Å². The van der Waals surface area contributed by atoms with Crippen LogP contribution in [0.2, 0.25) is 10.0 Å². The summed E-state index contributed by atoms with van der Waals surface area (Å²) < 4.78 is 14.8. The third-order valence-corrected chi connectivity index (χ3v) is 5.64. The van der Waals surface area contributed by atoms with Crippen molar-refractivity contribution in [3.63, 3.8) is 0 Å². The van der Waals surface area contributed by atoms with E-state index in [0.717, 1.165) is 21.4 Å². The van der Waals surface area contributed by atoms with Crippen molar-refractivity contribution in [1.29, 1.82) is 0 Å². The number of nitrogens with zero attached hydrogens (tertiary/aromatic N) is 2. The molecule has 10 heteroatoms. The summed E-state index contributed by atoms with van der Waals surface area (Å²) in [7, 11) is 0. The zero-order valence-corrected chi connectivity index (χ0v) is 19.7. The molecule has 0 unspecified atom stereocenters. The maximum Gasteiger partial charge on any atom is 0.214 e. The maximum atomic E-state index is 6.24. The van der Waals surface area contributed by atoms with Crippen LogP contribution in [0.1, 0.15) is 23.9 Å². The van der Waals surface area contributed by atoms with E-state index >= 15 is 0 Å². The van der Waals surface area contributed by atoms with Gasteiger partial charge in [0.15, 0.2) is 11.5 Å². The van der Waals surface area contributed by atoms with Crippen molar-refractivity contribution in [2.45, 2.75) is 27.0 Å². The lowest BCUT2D eigenvalue weighted by Crippen LogP contribution is -2.16. The minimum atomic E-state index is 0.220. The molecule has 0 spiro atoms. The van der Waals surface area contributed by atoms with Crippen LogP contribution >= 0.6 is 51.3 Å². The molecule has 29 heavy (non-hydrogen) atoms. The lowest BCUT2D eigenvalue weighted by molar-refractivity contribution is 0.267. The lowest BCUT2D eigenvalue weighted by atomic mass is 10.2. The summed E-state index contributed by atoms with van der Waals surface area (Å²) in [5.74, 6) is 1.95. The minimum absolute atomic E-state index is 0.220. The molecule has 0 fully saturated rings. The second kappa shape index (κ2) is 9.84. The van der Waals surface area contributed by atoms with Crippen molar-refractivity contribution in [2.75, 3.05) is 12.0 Å². The zero-order chi connectivity index (χ0) is 21.0. The molecule has 0 saturated carbocycles. The third kappa shape index (κ3) is 5.25. The van der Waals surface area contributed by atoms with Gasteiger partial charge in [-0.25, -0.2) is 4.68 Å².